The zero-order valence-electron chi connectivity index (χ0n) is 21.0. The van der Waals surface area contributed by atoms with Gasteiger partial charge in [-0.15, -0.1) is 0 Å². The van der Waals surface area contributed by atoms with Gasteiger partial charge in [-0.3, -0.25) is 4.90 Å². The van der Waals surface area contributed by atoms with Crippen molar-refractivity contribution in [1.82, 2.24) is 14.9 Å². The molecule has 37 heavy (non-hydrogen) atoms. The fourth-order valence-corrected chi connectivity index (χ4v) is 5.71. The Morgan fingerprint density at radius 2 is 1.97 bits per heavy atom. The lowest BCUT2D eigenvalue weighted by atomic mass is 10.0. The molecule has 0 amide bonds. The highest BCUT2D eigenvalue weighted by Crippen LogP contribution is 2.38. The summed E-state index contributed by atoms with van der Waals surface area (Å²) in [4.78, 5) is 21.0. The number of benzene rings is 3. The van der Waals surface area contributed by atoms with Crippen LogP contribution in [0.25, 0.3) is 27.9 Å². The van der Waals surface area contributed by atoms with Crippen molar-refractivity contribution in [1.29, 1.82) is 0 Å². The molecule has 5 heteroatoms. The average Bonchev–Trinajstić information content (AvgIpc) is 3.67. The number of esters is 1. The molecule has 2 aromatic heterocycles. The lowest BCUT2D eigenvalue weighted by molar-refractivity contribution is -0.134. The van der Waals surface area contributed by atoms with Crippen LogP contribution in [0.15, 0.2) is 85.2 Å². The molecule has 5 aromatic rings. The van der Waals surface area contributed by atoms with Crippen LogP contribution in [-0.2, 0) is 28.9 Å². The van der Waals surface area contributed by atoms with Crippen molar-refractivity contribution in [2.45, 2.75) is 31.8 Å². The van der Waals surface area contributed by atoms with Gasteiger partial charge in [0.1, 0.15) is 0 Å². The number of hydrogen-bond acceptors (Lipinski definition) is 3. The molecular formula is C32H31N3O2. The molecule has 0 fully saturated rings. The van der Waals surface area contributed by atoms with Crippen LogP contribution in [0.3, 0.4) is 0 Å². The molecule has 1 atom stereocenters. The predicted molar refractivity (Wildman–Crippen MR) is 149 cm³/mol. The maximum Gasteiger partial charge on any atom is 0.330 e. The molecule has 1 aliphatic rings. The molecule has 1 aliphatic carbocycles. The summed E-state index contributed by atoms with van der Waals surface area (Å²) in [5.41, 5.74) is 8.86. The van der Waals surface area contributed by atoms with Gasteiger partial charge in [0.15, 0.2) is 0 Å². The minimum absolute atomic E-state index is 0.333. The van der Waals surface area contributed by atoms with Gasteiger partial charge in [-0.1, -0.05) is 48.5 Å². The van der Waals surface area contributed by atoms with E-state index in [-0.39, 0.29) is 5.97 Å². The molecule has 1 unspecified atom stereocenters. The Morgan fingerprint density at radius 3 is 2.89 bits per heavy atom. The van der Waals surface area contributed by atoms with Crippen LogP contribution in [0.2, 0.25) is 0 Å². The first kappa shape index (κ1) is 23.3. The number of para-hydroxylation sites is 1. The smallest absolute Gasteiger partial charge is 0.330 e. The highest BCUT2D eigenvalue weighted by molar-refractivity contribution is 5.87. The monoisotopic (exact) mass is 489 g/mol. The number of ether oxygens (including phenoxy) is 1. The van der Waals surface area contributed by atoms with Gasteiger partial charge < -0.3 is 14.7 Å². The number of nitrogens with zero attached hydrogens (tertiary/aromatic N) is 1. The Labute approximate surface area is 216 Å². The molecule has 2 heterocycles. The number of aryl methyl sites for hydroxylation is 1. The Balaban J connectivity index is 1.28. The van der Waals surface area contributed by atoms with Gasteiger partial charge >= 0.3 is 5.97 Å². The van der Waals surface area contributed by atoms with Crippen LogP contribution in [0.5, 0.6) is 0 Å². The molecule has 0 bridgehead atoms. The number of fused-ring (bicyclic) bond motifs is 3. The number of hydrogen-bond donors (Lipinski definition) is 2. The first-order chi connectivity index (χ1) is 18.2. The van der Waals surface area contributed by atoms with Crippen LogP contribution < -0.4 is 0 Å². The Bertz CT molecular complexity index is 1590. The van der Waals surface area contributed by atoms with E-state index in [0.717, 1.165) is 37.9 Å². The summed E-state index contributed by atoms with van der Waals surface area (Å²) in [6.45, 7) is 1.87. The number of H-pyrrole nitrogens is 2. The molecule has 6 rings (SSSR count). The summed E-state index contributed by atoms with van der Waals surface area (Å²) in [6.07, 6.45) is 10.6. The molecule has 0 saturated carbocycles. The lowest BCUT2D eigenvalue weighted by Crippen LogP contribution is -2.29. The van der Waals surface area contributed by atoms with Crippen molar-refractivity contribution >= 4 is 33.9 Å². The van der Waals surface area contributed by atoms with E-state index in [1.54, 1.807) is 0 Å². The second-order valence-electron chi connectivity index (χ2n) is 9.85. The molecular weight excluding hydrogens is 458 g/mol. The predicted octanol–water partition coefficient (Wildman–Crippen LogP) is 6.57. The van der Waals surface area contributed by atoms with Crippen molar-refractivity contribution in [2.24, 2.45) is 0 Å². The van der Waals surface area contributed by atoms with E-state index in [1.165, 1.54) is 57.2 Å². The number of methoxy groups -OCH3 is 1. The van der Waals surface area contributed by atoms with E-state index in [4.69, 9.17) is 4.74 Å². The van der Waals surface area contributed by atoms with Gasteiger partial charge in [0.2, 0.25) is 0 Å². The molecule has 0 radical (unpaired) electrons. The van der Waals surface area contributed by atoms with E-state index < -0.39 is 0 Å². The van der Waals surface area contributed by atoms with Crippen LogP contribution >= 0.6 is 0 Å². The topological polar surface area (TPSA) is 61.1 Å². The second-order valence-corrected chi connectivity index (χ2v) is 9.85. The Morgan fingerprint density at radius 1 is 1.05 bits per heavy atom. The molecule has 2 N–H and O–H groups in total. The third-order valence-corrected chi connectivity index (χ3v) is 7.62. The number of nitrogens with one attached hydrogen (secondary N) is 2. The Kier molecular flexibility index (Phi) is 6.37. The van der Waals surface area contributed by atoms with Crippen LogP contribution in [0.4, 0.5) is 0 Å². The number of aromatic amines is 2. The summed E-state index contributed by atoms with van der Waals surface area (Å²) in [6, 6.07) is 24.3. The SMILES string of the molecule is COC(=O)C=Cc1ccc2c(c1)CCC2N(CCc1c[nH]c2ccccc12)Cc1ccc2cc[nH]c2c1. The van der Waals surface area contributed by atoms with Crippen molar-refractivity contribution in [2.75, 3.05) is 13.7 Å². The van der Waals surface area contributed by atoms with E-state index in [1.807, 2.05) is 12.3 Å². The second kappa shape index (κ2) is 10.1. The van der Waals surface area contributed by atoms with E-state index in [9.17, 15) is 4.79 Å². The van der Waals surface area contributed by atoms with Crippen molar-refractivity contribution < 1.29 is 9.53 Å². The normalized spacial score (nSPS) is 15.2. The van der Waals surface area contributed by atoms with Gasteiger partial charge in [-0.25, -0.2) is 4.79 Å². The summed E-state index contributed by atoms with van der Waals surface area (Å²) in [5, 5.41) is 2.55. The summed E-state index contributed by atoms with van der Waals surface area (Å²) in [7, 11) is 1.40. The zero-order valence-corrected chi connectivity index (χ0v) is 21.0. The van der Waals surface area contributed by atoms with Crippen LogP contribution in [-0.4, -0.2) is 34.5 Å². The summed E-state index contributed by atoms with van der Waals surface area (Å²) < 4.78 is 4.74. The molecule has 5 nitrogen and oxygen atoms in total. The quantitative estimate of drug-likeness (QED) is 0.191. The van der Waals surface area contributed by atoms with Gasteiger partial charge in [0.25, 0.3) is 0 Å². The van der Waals surface area contributed by atoms with E-state index in [0.29, 0.717) is 6.04 Å². The van der Waals surface area contributed by atoms with Crippen molar-refractivity contribution in [3.05, 3.63) is 113 Å². The largest absolute Gasteiger partial charge is 0.466 e. The number of carbonyl (C=O) groups excluding carboxylic acids is 1. The summed E-state index contributed by atoms with van der Waals surface area (Å²) in [5.74, 6) is -0.333. The maximum absolute atomic E-state index is 11.5. The van der Waals surface area contributed by atoms with Crippen molar-refractivity contribution in [3.63, 3.8) is 0 Å². The minimum Gasteiger partial charge on any atom is -0.466 e. The highest BCUT2D eigenvalue weighted by atomic mass is 16.5. The van der Waals surface area contributed by atoms with Gasteiger partial charge in [0, 0.05) is 54.0 Å². The molecule has 3 aromatic carbocycles. The zero-order chi connectivity index (χ0) is 25.2. The van der Waals surface area contributed by atoms with Gasteiger partial charge in [0.05, 0.1) is 7.11 Å². The Hall–Kier alpha value is -4.09. The average molecular weight is 490 g/mol. The van der Waals surface area contributed by atoms with Gasteiger partial charge in [-0.05, 0) is 76.7 Å². The minimum atomic E-state index is -0.333. The number of carbonyl (C=O) groups is 1. The standard InChI is InChI=1S/C32H31N3O2/c1-37-32(36)13-8-22-7-11-28-25(18-22)10-12-31(28)35(21-23-6-9-24-14-16-33-30(24)19-23)17-15-26-20-34-29-5-3-2-4-27(26)29/h2-9,11,13-14,16,18-20,31,33-34H,10,12,15,17,21H2,1H3. The molecule has 0 saturated heterocycles. The number of rotatable bonds is 8. The third-order valence-electron chi connectivity index (χ3n) is 7.62. The van der Waals surface area contributed by atoms with Gasteiger partial charge in [-0.2, -0.15) is 0 Å². The van der Waals surface area contributed by atoms with E-state index in [2.05, 4.69) is 87.8 Å². The molecule has 0 aliphatic heterocycles. The summed E-state index contributed by atoms with van der Waals surface area (Å²) >= 11 is 0. The van der Waals surface area contributed by atoms with Crippen LogP contribution in [0, 0.1) is 0 Å². The highest BCUT2D eigenvalue weighted by Gasteiger charge is 2.28. The fourth-order valence-electron chi connectivity index (χ4n) is 5.71. The first-order valence-corrected chi connectivity index (χ1v) is 12.9. The van der Waals surface area contributed by atoms with E-state index >= 15 is 0 Å². The lowest BCUT2D eigenvalue weighted by Gasteiger charge is -2.30. The first-order valence-electron chi connectivity index (χ1n) is 12.9. The van der Waals surface area contributed by atoms with Crippen LogP contribution in [0.1, 0.15) is 40.3 Å². The molecule has 186 valence electrons. The number of aromatic nitrogens is 2. The maximum atomic E-state index is 11.5. The third kappa shape index (κ3) is 4.83. The molecule has 0 spiro atoms. The van der Waals surface area contributed by atoms with Crippen molar-refractivity contribution in [3.8, 4) is 0 Å². The fraction of sp³-hybridized carbons (Fsp3) is 0.219.